The van der Waals surface area contributed by atoms with Crippen LogP contribution in [0.5, 0.6) is 5.75 Å². The third-order valence-electron chi connectivity index (χ3n) is 3.29. The summed E-state index contributed by atoms with van der Waals surface area (Å²) in [6.45, 7) is 0.697. The van der Waals surface area contributed by atoms with Crippen LogP contribution in [0.3, 0.4) is 0 Å². The van der Waals surface area contributed by atoms with Crippen LogP contribution in [-0.4, -0.2) is 11.7 Å². The SMILES string of the molecule is OC(c1ccc2c(c1)CCO2)c1ccc(F)cc1I. The Morgan fingerprint density at radius 1 is 1.21 bits per heavy atom. The van der Waals surface area contributed by atoms with Crippen molar-refractivity contribution in [2.24, 2.45) is 0 Å². The lowest BCUT2D eigenvalue weighted by atomic mass is 9.99. The quantitative estimate of drug-likeness (QED) is 0.821. The fourth-order valence-corrected chi connectivity index (χ4v) is 3.05. The van der Waals surface area contributed by atoms with E-state index in [4.69, 9.17) is 4.74 Å². The van der Waals surface area contributed by atoms with Crippen molar-refractivity contribution in [3.63, 3.8) is 0 Å². The van der Waals surface area contributed by atoms with Crippen molar-refractivity contribution in [2.75, 3.05) is 6.61 Å². The topological polar surface area (TPSA) is 29.5 Å². The van der Waals surface area contributed by atoms with E-state index in [2.05, 4.69) is 0 Å². The fourth-order valence-electron chi connectivity index (χ4n) is 2.28. The van der Waals surface area contributed by atoms with E-state index in [1.54, 1.807) is 6.07 Å². The fraction of sp³-hybridized carbons (Fsp3) is 0.200. The third-order valence-corrected chi connectivity index (χ3v) is 4.22. The van der Waals surface area contributed by atoms with Crippen molar-refractivity contribution in [1.82, 2.24) is 0 Å². The van der Waals surface area contributed by atoms with Gasteiger partial charge in [0.25, 0.3) is 0 Å². The number of aliphatic hydroxyl groups is 1. The minimum atomic E-state index is -0.738. The molecule has 4 heteroatoms. The van der Waals surface area contributed by atoms with Gasteiger partial charge in [-0.1, -0.05) is 12.1 Å². The van der Waals surface area contributed by atoms with Gasteiger partial charge in [-0.3, -0.25) is 0 Å². The summed E-state index contributed by atoms with van der Waals surface area (Å²) in [6.07, 6.45) is 0.134. The van der Waals surface area contributed by atoms with Gasteiger partial charge in [-0.15, -0.1) is 0 Å². The van der Waals surface area contributed by atoms with Gasteiger partial charge in [0, 0.05) is 9.99 Å². The molecule has 0 bridgehead atoms. The zero-order valence-electron chi connectivity index (χ0n) is 10.1. The van der Waals surface area contributed by atoms with Crippen LogP contribution in [0.15, 0.2) is 36.4 Å². The maximum Gasteiger partial charge on any atom is 0.124 e. The number of hydrogen-bond acceptors (Lipinski definition) is 2. The number of hydrogen-bond donors (Lipinski definition) is 1. The lowest BCUT2D eigenvalue weighted by molar-refractivity contribution is 0.219. The summed E-state index contributed by atoms with van der Waals surface area (Å²) >= 11 is 2.04. The molecule has 1 heterocycles. The molecule has 1 unspecified atom stereocenters. The second-order valence-electron chi connectivity index (χ2n) is 4.53. The molecule has 1 N–H and O–H groups in total. The Hall–Kier alpha value is -1.14. The van der Waals surface area contributed by atoms with Crippen LogP contribution in [0, 0.1) is 9.39 Å². The monoisotopic (exact) mass is 370 g/mol. The molecule has 2 nitrogen and oxygen atoms in total. The van der Waals surface area contributed by atoms with Gasteiger partial charge in [0.1, 0.15) is 17.7 Å². The Kier molecular flexibility index (Phi) is 3.45. The molecule has 0 spiro atoms. The molecule has 0 fully saturated rings. The van der Waals surface area contributed by atoms with Crippen LogP contribution in [0.4, 0.5) is 4.39 Å². The molecule has 2 aromatic carbocycles. The molecule has 0 aliphatic carbocycles. The predicted octanol–water partition coefficient (Wildman–Crippen LogP) is 3.45. The van der Waals surface area contributed by atoms with Gasteiger partial charge in [-0.05, 0) is 63.5 Å². The van der Waals surface area contributed by atoms with Crippen molar-refractivity contribution in [3.8, 4) is 5.75 Å². The van der Waals surface area contributed by atoms with E-state index in [-0.39, 0.29) is 5.82 Å². The highest BCUT2D eigenvalue weighted by Crippen LogP contribution is 2.32. The summed E-state index contributed by atoms with van der Waals surface area (Å²) in [5.74, 6) is 0.604. The maximum absolute atomic E-state index is 13.1. The highest BCUT2D eigenvalue weighted by atomic mass is 127. The van der Waals surface area contributed by atoms with E-state index < -0.39 is 6.10 Å². The first-order chi connectivity index (χ1) is 9.15. The van der Waals surface area contributed by atoms with E-state index in [1.165, 1.54) is 12.1 Å². The Morgan fingerprint density at radius 3 is 2.84 bits per heavy atom. The molecule has 98 valence electrons. The number of aliphatic hydroxyl groups excluding tert-OH is 1. The molecule has 0 amide bonds. The summed E-state index contributed by atoms with van der Waals surface area (Å²) in [5, 5.41) is 10.4. The molecular weight excluding hydrogens is 358 g/mol. The summed E-state index contributed by atoms with van der Waals surface area (Å²) in [7, 11) is 0. The lowest BCUT2D eigenvalue weighted by Crippen LogP contribution is -2.03. The van der Waals surface area contributed by atoms with Gasteiger partial charge in [0.2, 0.25) is 0 Å². The molecule has 1 aliphatic heterocycles. The van der Waals surface area contributed by atoms with Gasteiger partial charge in [-0.2, -0.15) is 0 Å². The van der Waals surface area contributed by atoms with Crippen LogP contribution < -0.4 is 4.74 Å². The van der Waals surface area contributed by atoms with Gasteiger partial charge in [-0.25, -0.2) is 4.39 Å². The Balaban J connectivity index is 1.97. The van der Waals surface area contributed by atoms with Crippen molar-refractivity contribution in [1.29, 1.82) is 0 Å². The highest BCUT2D eigenvalue weighted by Gasteiger charge is 2.18. The first-order valence-electron chi connectivity index (χ1n) is 6.04. The van der Waals surface area contributed by atoms with E-state index in [0.29, 0.717) is 6.61 Å². The van der Waals surface area contributed by atoms with Crippen LogP contribution in [0.2, 0.25) is 0 Å². The molecular formula is C15H12FIO2. The minimum Gasteiger partial charge on any atom is -0.493 e. The Morgan fingerprint density at radius 2 is 2.05 bits per heavy atom. The van der Waals surface area contributed by atoms with E-state index >= 15 is 0 Å². The van der Waals surface area contributed by atoms with Crippen molar-refractivity contribution in [3.05, 3.63) is 62.5 Å². The van der Waals surface area contributed by atoms with Crippen molar-refractivity contribution in [2.45, 2.75) is 12.5 Å². The molecule has 2 aromatic rings. The molecule has 0 saturated carbocycles. The molecule has 19 heavy (non-hydrogen) atoms. The summed E-state index contributed by atoms with van der Waals surface area (Å²) < 4.78 is 19.3. The molecule has 0 saturated heterocycles. The molecule has 1 aliphatic rings. The van der Waals surface area contributed by atoms with Crippen LogP contribution in [0.1, 0.15) is 22.8 Å². The average molecular weight is 370 g/mol. The van der Waals surface area contributed by atoms with Crippen LogP contribution in [-0.2, 0) is 6.42 Å². The first-order valence-corrected chi connectivity index (χ1v) is 7.11. The molecule has 1 atom stereocenters. The molecule has 0 aromatic heterocycles. The third kappa shape index (κ3) is 2.47. The number of fused-ring (bicyclic) bond motifs is 1. The highest BCUT2D eigenvalue weighted by molar-refractivity contribution is 14.1. The van der Waals surface area contributed by atoms with Gasteiger partial charge in [0.05, 0.1) is 6.61 Å². The summed E-state index contributed by atoms with van der Waals surface area (Å²) in [6, 6.07) is 10.1. The number of halogens is 2. The van der Waals surface area contributed by atoms with Crippen molar-refractivity contribution >= 4 is 22.6 Å². The lowest BCUT2D eigenvalue weighted by Gasteiger charge is -2.14. The van der Waals surface area contributed by atoms with Gasteiger partial charge in [0.15, 0.2) is 0 Å². The Labute approximate surface area is 124 Å². The first kappa shape index (κ1) is 12.9. The number of ether oxygens (including phenoxy) is 1. The normalized spacial score (nSPS) is 14.9. The van der Waals surface area contributed by atoms with E-state index in [0.717, 1.165) is 32.4 Å². The van der Waals surface area contributed by atoms with Crippen molar-refractivity contribution < 1.29 is 14.2 Å². The number of benzene rings is 2. The van der Waals surface area contributed by atoms with Crippen LogP contribution in [0.25, 0.3) is 0 Å². The summed E-state index contributed by atoms with van der Waals surface area (Å²) in [5.41, 5.74) is 2.66. The van der Waals surface area contributed by atoms with E-state index in [1.807, 2.05) is 40.8 Å². The minimum absolute atomic E-state index is 0.289. The zero-order chi connectivity index (χ0) is 13.4. The maximum atomic E-state index is 13.1. The zero-order valence-corrected chi connectivity index (χ0v) is 12.2. The number of rotatable bonds is 2. The largest absolute Gasteiger partial charge is 0.493 e. The molecule has 3 rings (SSSR count). The predicted molar refractivity (Wildman–Crippen MR) is 78.8 cm³/mol. The second-order valence-corrected chi connectivity index (χ2v) is 5.70. The Bertz CT molecular complexity index is 628. The molecule has 0 radical (unpaired) electrons. The van der Waals surface area contributed by atoms with Crippen LogP contribution >= 0.6 is 22.6 Å². The second kappa shape index (κ2) is 5.09. The standard InChI is InChI=1S/C15H12FIO2/c16-11-2-3-12(13(17)8-11)15(18)10-1-4-14-9(7-10)5-6-19-14/h1-4,7-8,15,18H,5-6H2. The van der Waals surface area contributed by atoms with Gasteiger partial charge < -0.3 is 9.84 Å². The summed E-state index contributed by atoms with van der Waals surface area (Å²) in [4.78, 5) is 0. The van der Waals surface area contributed by atoms with Gasteiger partial charge >= 0.3 is 0 Å². The average Bonchev–Trinajstić information content (AvgIpc) is 2.85. The smallest absolute Gasteiger partial charge is 0.124 e. The van der Waals surface area contributed by atoms with E-state index in [9.17, 15) is 9.50 Å².